The van der Waals surface area contributed by atoms with Crippen LogP contribution >= 0.6 is 11.3 Å². The molecule has 1 saturated heterocycles. The van der Waals surface area contributed by atoms with E-state index in [4.69, 9.17) is 4.74 Å². The first-order valence-corrected chi connectivity index (χ1v) is 9.15. The second kappa shape index (κ2) is 6.01. The summed E-state index contributed by atoms with van der Waals surface area (Å²) < 4.78 is 47.3. The first-order chi connectivity index (χ1) is 12.2. The van der Waals surface area contributed by atoms with Crippen LogP contribution in [-0.4, -0.2) is 32.7 Å². The van der Waals surface area contributed by atoms with Crippen LogP contribution in [0, 0.1) is 0 Å². The Kier molecular flexibility index (Phi) is 4.14. The number of aromatic nitrogens is 3. The number of ether oxygens (including phenoxy) is 1. The fourth-order valence-electron chi connectivity index (χ4n) is 3.96. The molecule has 4 unspecified atom stereocenters. The monoisotopic (exact) mass is 388 g/mol. The molecule has 0 saturated carbocycles. The van der Waals surface area contributed by atoms with E-state index in [-0.39, 0.29) is 18.7 Å². The second-order valence-corrected chi connectivity index (χ2v) is 8.14. The molecule has 6 nitrogen and oxygen atoms in total. The van der Waals surface area contributed by atoms with Gasteiger partial charge in [0.2, 0.25) is 0 Å². The number of rotatable bonds is 1. The number of nitrogens with one attached hydrogen (secondary N) is 1. The Labute approximate surface area is 152 Å². The largest absolute Gasteiger partial charge is 0.425 e. The number of aryl methyl sites for hydroxylation is 1. The number of fused-ring (bicyclic) bond motifs is 2. The topological polar surface area (TPSA) is 72.2 Å². The number of aliphatic hydroxyl groups excluding tert-OH is 1. The molecule has 0 aromatic carbocycles. The summed E-state index contributed by atoms with van der Waals surface area (Å²) >= 11 is 0.613. The highest BCUT2D eigenvalue weighted by Crippen LogP contribution is 2.52. The molecule has 2 N–H and O–H groups in total. The number of alkyl halides is 3. The van der Waals surface area contributed by atoms with Gasteiger partial charge >= 0.3 is 6.18 Å². The summed E-state index contributed by atoms with van der Waals surface area (Å²) in [6.45, 7) is 1.96. The van der Waals surface area contributed by atoms with Crippen LogP contribution in [0.4, 0.5) is 13.2 Å². The molecule has 0 amide bonds. The van der Waals surface area contributed by atoms with E-state index < -0.39 is 22.8 Å². The molecule has 142 valence electrons. The summed E-state index contributed by atoms with van der Waals surface area (Å²) in [4.78, 5) is -0.343. The predicted molar refractivity (Wildman–Crippen MR) is 87.5 cm³/mol. The van der Waals surface area contributed by atoms with Crippen LogP contribution in [0.15, 0.2) is 12.3 Å². The van der Waals surface area contributed by atoms with Crippen molar-refractivity contribution in [2.75, 3.05) is 6.61 Å². The van der Waals surface area contributed by atoms with E-state index in [1.54, 1.807) is 17.9 Å². The van der Waals surface area contributed by atoms with Crippen LogP contribution in [0.5, 0.6) is 0 Å². The minimum atomic E-state index is -4.44. The predicted octanol–water partition coefficient (Wildman–Crippen LogP) is 2.67. The summed E-state index contributed by atoms with van der Waals surface area (Å²) in [5.74, 6) is 0. The normalized spacial score (nSPS) is 32.0. The van der Waals surface area contributed by atoms with Crippen LogP contribution in [0.25, 0.3) is 0 Å². The molecule has 4 atom stereocenters. The second-order valence-electron chi connectivity index (χ2n) is 7.05. The average Bonchev–Trinajstić information content (AvgIpc) is 3.18. The molecule has 4 heterocycles. The fraction of sp³-hybridized carbons (Fsp3) is 0.625. The van der Waals surface area contributed by atoms with E-state index in [0.29, 0.717) is 34.6 Å². The number of aliphatic hydroxyl groups is 1. The average molecular weight is 388 g/mol. The van der Waals surface area contributed by atoms with Gasteiger partial charge in [0.05, 0.1) is 23.9 Å². The van der Waals surface area contributed by atoms with Crippen molar-refractivity contribution < 1.29 is 23.0 Å². The van der Waals surface area contributed by atoms with Gasteiger partial charge in [0.25, 0.3) is 0 Å². The number of thiophene rings is 1. The number of hydrogen-bond acceptors (Lipinski definition) is 6. The maximum absolute atomic E-state index is 13.2. The van der Waals surface area contributed by atoms with Crippen molar-refractivity contribution in [2.45, 2.75) is 49.7 Å². The Bertz CT molecular complexity index is 821. The van der Waals surface area contributed by atoms with E-state index in [0.717, 1.165) is 11.8 Å². The molecule has 2 aromatic rings. The number of piperidine rings is 1. The van der Waals surface area contributed by atoms with Gasteiger partial charge in [-0.15, -0.1) is 16.4 Å². The first-order valence-electron chi connectivity index (χ1n) is 8.34. The lowest BCUT2D eigenvalue weighted by Gasteiger charge is -2.46. The highest BCUT2D eigenvalue weighted by molar-refractivity contribution is 7.12. The third-order valence-corrected chi connectivity index (χ3v) is 6.27. The van der Waals surface area contributed by atoms with Crippen LogP contribution in [0.1, 0.15) is 52.9 Å². The van der Waals surface area contributed by atoms with Gasteiger partial charge in [-0.1, -0.05) is 5.21 Å². The highest BCUT2D eigenvalue weighted by Gasteiger charge is 2.49. The lowest BCUT2D eigenvalue weighted by Crippen LogP contribution is -2.50. The quantitative estimate of drug-likeness (QED) is 0.786. The standard InChI is InChI=1S/C16H19F3N4O2S/c1-8-4-15(5-10(20-8)11-6-23(2)22-21-11)9-3-13(16(17,18)19)26-14(9)12(24)7-25-15/h3,6,8,10,12,20,24H,4-5,7H2,1-2H3. The Morgan fingerprint density at radius 2 is 2.19 bits per heavy atom. The van der Waals surface area contributed by atoms with E-state index >= 15 is 0 Å². The van der Waals surface area contributed by atoms with Crippen LogP contribution in [-0.2, 0) is 23.6 Å². The van der Waals surface area contributed by atoms with E-state index in [2.05, 4.69) is 15.6 Å². The molecule has 1 spiro atoms. The number of halogens is 3. The van der Waals surface area contributed by atoms with Crippen molar-refractivity contribution in [1.82, 2.24) is 20.3 Å². The molecule has 10 heteroatoms. The highest BCUT2D eigenvalue weighted by atomic mass is 32.1. The molecule has 2 aromatic heterocycles. The van der Waals surface area contributed by atoms with E-state index in [1.165, 1.54) is 0 Å². The molecule has 2 aliphatic rings. The summed E-state index contributed by atoms with van der Waals surface area (Å²) in [6.07, 6.45) is -2.72. The maximum Gasteiger partial charge on any atom is 0.425 e. The SMILES string of the molecule is CC1CC2(CC(c3cn(C)nn3)N1)OCC(O)c1sc(C(F)(F)F)cc12. The van der Waals surface area contributed by atoms with Gasteiger partial charge in [0.1, 0.15) is 11.0 Å². The Morgan fingerprint density at radius 1 is 1.42 bits per heavy atom. The van der Waals surface area contributed by atoms with Crippen molar-refractivity contribution in [1.29, 1.82) is 0 Å². The number of hydrogen-bond donors (Lipinski definition) is 2. The lowest BCUT2D eigenvalue weighted by molar-refractivity contribution is -0.136. The molecule has 0 aliphatic carbocycles. The summed E-state index contributed by atoms with van der Waals surface area (Å²) in [6, 6.07) is 0.964. The molecule has 0 bridgehead atoms. The molecule has 4 rings (SSSR count). The molecule has 1 fully saturated rings. The molecule has 0 radical (unpaired) electrons. The number of nitrogens with zero attached hydrogens (tertiary/aromatic N) is 3. The van der Waals surface area contributed by atoms with Gasteiger partial charge < -0.3 is 15.2 Å². The van der Waals surface area contributed by atoms with E-state index in [1.807, 2.05) is 6.92 Å². The minimum Gasteiger partial charge on any atom is -0.385 e. The summed E-state index contributed by atoms with van der Waals surface area (Å²) in [5.41, 5.74) is 0.304. The molecule has 2 aliphatic heterocycles. The van der Waals surface area contributed by atoms with Crippen molar-refractivity contribution >= 4 is 11.3 Å². The van der Waals surface area contributed by atoms with E-state index in [9.17, 15) is 18.3 Å². The van der Waals surface area contributed by atoms with Crippen LogP contribution in [0.2, 0.25) is 0 Å². The Hall–Kier alpha value is -1.49. The van der Waals surface area contributed by atoms with Crippen molar-refractivity contribution in [3.8, 4) is 0 Å². The van der Waals surface area contributed by atoms with Gasteiger partial charge in [-0.2, -0.15) is 13.2 Å². The van der Waals surface area contributed by atoms with Gasteiger partial charge in [0.15, 0.2) is 0 Å². The zero-order valence-corrected chi connectivity index (χ0v) is 15.1. The lowest BCUT2D eigenvalue weighted by atomic mass is 9.76. The smallest absolute Gasteiger partial charge is 0.385 e. The Morgan fingerprint density at radius 3 is 2.85 bits per heavy atom. The van der Waals surface area contributed by atoms with Gasteiger partial charge in [-0.05, 0) is 19.4 Å². The third-order valence-electron chi connectivity index (χ3n) is 4.98. The van der Waals surface area contributed by atoms with Gasteiger partial charge in [-0.25, -0.2) is 0 Å². The zero-order chi connectivity index (χ0) is 18.7. The van der Waals surface area contributed by atoms with Crippen molar-refractivity contribution in [2.24, 2.45) is 7.05 Å². The van der Waals surface area contributed by atoms with Gasteiger partial charge in [-0.3, -0.25) is 4.68 Å². The maximum atomic E-state index is 13.2. The Balaban J connectivity index is 1.76. The van der Waals surface area contributed by atoms with Crippen molar-refractivity contribution in [3.63, 3.8) is 0 Å². The fourth-order valence-corrected chi connectivity index (χ4v) is 5.05. The first kappa shape index (κ1) is 17.9. The summed E-state index contributed by atoms with van der Waals surface area (Å²) in [7, 11) is 1.76. The van der Waals surface area contributed by atoms with Gasteiger partial charge in [0, 0.05) is 36.1 Å². The minimum absolute atomic E-state index is 0.00749. The molecule has 26 heavy (non-hydrogen) atoms. The molecular weight excluding hydrogens is 369 g/mol. The molecular formula is C16H19F3N4O2S. The van der Waals surface area contributed by atoms with Crippen LogP contribution < -0.4 is 5.32 Å². The third kappa shape index (κ3) is 2.94. The summed E-state index contributed by atoms with van der Waals surface area (Å²) in [5, 5.41) is 21.7. The van der Waals surface area contributed by atoms with Crippen LogP contribution in [0.3, 0.4) is 0 Å². The van der Waals surface area contributed by atoms with Crippen molar-refractivity contribution in [3.05, 3.63) is 33.3 Å². The zero-order valence-electron chi connectivity index (χ0n) is 14.2.